The monoisotopic (exact) mass is 327 g/mol. The van der Waals surface area contributed by atoms with Crippen LogP contribution in [0.15, 0.2) is 40.8 Å². The highest BCUT2D eigenvalue weighted by atomic mass is 16.3. The minimum Gasteiger partial charge on any atom is -0.461 e. The van der Waals surface area contributed by atoms with Crippen LogP contribution >= 0.6 is 0 Å². The fraction of sp³-hybridized carbons (Fsp3) is 0.421. The lowest BCUT2D eigenvalue weighted by Gasteiger charge is -2.36. The molecule has 5 heteroatoms. The van der Waals surface area contributed by atoms with Crippen LogP contribution in [0.1, 0.15) is 11.3 Å². The van der Waals surface area contributed by atoms with Crippen molar-refractivity contribution in [3.05, 3.63) is 47.7 Å². The largest absolute Gasteiger partial charge is 0.461 e. The Morgan fingerprint density at radius 2 is 1.71 bits per heavy atom. The maximum Gasteiger partial charge on any atom is 0.319 e. The molecule has 0 aliphatic carbocycles. The second-order valence-electron chi connectivity index (χ2n) is 6.55. The lowest BCUT2D eigenvalue weighted by atomic mass is 10.1. The number of nitrogens with zero attached hydrogens (tertiary/aromatic N) is 3. The number of carbonyl (C=O) groups excluding carboxylic acids is 1. The van der Waals surface area contributed by atoms with Crippen LogP contribution in [0.25, 0.3) is 11.3 Å². The Bertz CT molecular complexity index is 683. The third kappa shape index (κ3) is 3.79. The number of aryl methyl sites for hydroxylation is 1. The first-order valence-corrected chi connectivity index (χ1v) is 8.37. The van der Waals surface area contributed by atoms with E-state index in [4.69, 9.17) is 4.42 Å². The molecule has 128 valence electrons. The average Bonchev–Trinajstić information content (AvgIpc) is 3.02. The normalized spacial score (nSPS) is 15.5. The fourth-order valence-electron chi connectivity index (χ4n) is 3.00. The van der Waals surface area contributed by atoms with Crippen molar-refractivity contribution in [3.8, 4) is 11.3 Å². The molecule has 3 rings (SSSR count). The summed E-state index contributed by atoms with van der Waals surface area (Å²) in [5.41, 5.74) is 2.39. The Labute approximate surface area is 143 Å². The second-order valence-corrected chi connectivity index (χ2v) is 6.55. The number of amides is 2. The summed E-state index contributed by atoms with van der Waals surface area (Å²) >= 11 is 0. The number of rotatable bonds is 3. The van der Waals surface area contributed by atoms with Crippen molar-refractivity contribution in [1.29, 1.82) is 0 Å². The molecule has 1 aromatic carbocycles. The smallest absolute Gasteiger partial charge is 0.319 e. The predicted octanol–water partition coefficient (Wildman–Crippen LogP) is 3.05. The van der Waals surface area contributed by atoms with E-state index in [0.717, 1.165) is 49.8 Å². The van der Waals surface area contributed by atoms with Gasteiger partial charge in [-0.3, -0.25) is 4.90 Å². The van der Waals surface area contributed by atoms with Gasteiger partial charge in [0.2, 0.25) is 0 Å². The first kappa shape index (κ1) is 16.6. The van der Waals surface area contributed by atoms with Gasteiger partial charge in [-0.05, 0) is 24.6 Å². The third-order valence-corrected chi connectivity index (χ3v) is 4.41. The van der Waals surface area contributed by atoms with Crippen LogP contribution in [-0.2, 0) is 6.54 Å². The van der Waals surface area contributed by atoms with E-state index in [1.54, 1.807) is 19.0 Å². The Balaban J connectivity index is 1.55. The second kappa shape index (κ2) is 7.09. The molecule has 1 saturated heterocycles. The quantitative estimate of drug-likeness (QED) is 0.870. The van der Waals surface area contributed by atoms with E-state index in [1.165, 1.54) is 5.56 Å². The Kier molecular flexibility index (Phi) is 4.90. The molecule has 0 bridgehead atoms. The molecule has 2 amide bonds. The number of hydrogen-bond acceptors (Lipinski definition) is 3. The van der Waals surface area contributed by atoms with Gasteiger partial charge >= 0.3 is 6.03 Å². The summed E-state index contributed by atoms with van der Waals surface area (Å²) in [6, 6.07) is 12.6. The van der Waals surface area contributed by atoms with Gasteiger partial charge in [0, 0.05) is 52.4 Å². The number of urea groups is 1. The summed E-state index contributed by atoms with van der Waals surface area (Å²) in [4.78, 5) is 17.9. The van der Waals surface area contributed by atoms with Gasteiger partial charge in [-0.2, -0.15) is 0 Å². The van der Waals surface area contributed by atoms with Crippen LogP contribution in [-0.4, -0.2) is 61.0 Å². The molecule has 1 fully saturated rings. The van der Waals surface area contributed by atoms with Crippen LogP contribution in [0, 0.1) is 6.92 Å². The van der Waals surface area contributed by atoms with Crippen molar-refractivity contribution >= 4 is 6.03 Å². The van der Waals surface area contributed by atoms with Crippen molar-refractivity contribution in [3.63, 3.8) is 0 Å². The summed E-state index contributed by atoms with van der Waals surface area (Å²) in [5.74, 6) is 1.84. The number of carbonyl (C=O) groups is 1. The van der Waals surface area contributed by atoms with Crippen LogP contribution in [0.3, 0.4) is 0 Å². The molecule has 0 spiro atoms. The topological polar surface area (TPSA) is 39.9 Å². The first-order valence-electron chi connectivity index (χ1n) is 8.37. The summed E-state index contributed by atoms with van der Waals surface area (Å²) in [6.07, 6.45) is 0. The fourth-order valence-corrected chi connectivity index (χ4v) is 3.00. The van der Waals surface area contributed by atoms with Gasteiger partial charge in [-0.1, -0.05) is 24.3 Å². The van der Waals surface area contributed by atoms with E-state index in [9.17, 15) is 4.79 Å². The van der Waals surface area contributed by atoms with Gasteiger partial charge in [0.25, 0.3) is 0 Å². The number of piperazine rings is 1. The molecule has 1 aliphatic heterocycles. The minimum atomic E-state index is 0.104. The van der Waals surface area contributed by atoms with E-state index < -0.39 is 0 Å². The lowest BCUT2D eigenvalue weighted by Crippen LogP contribution is -2.51. The molecule has 0 unspecified atom stereocenters. The summed E-state index contributed by atoms with van der Waals surface area (Å²) in [6.45, 7) is 6.29. The van der Waals surface area contributed by atoms with Crippen LogP contribution in [0.5, 0.6) is 0 Å². The highest BCUT2D eigenvalue weighted by molar-refractivity contribution is 5.73. The van der Waals surface area contributed by atoms with E-state index in [0.29, 0.717) is 0 Å². The molecule has 0 saturated carbocycles. The Morgan fingerprint density at radius 1 is 1.04 bits per heavy atom. The van der Waals surface area contributed by atoms with Crippen LogP contribution in [0.4, 0.5) is 4.79 Å². The van der Waals surface area contributed by atoms with Gasteiger partial charge in [0.1, 0.15) is 11.5 Å². The highest BCUT2D eigenvalue weighted by Crippen LogP contribution is 2.22. The highest BCUT2D eigenvalue weighted by Gasteiger charge is 2.22. The SMILES string of the molecule is Cc1ccc(-c2ccc(CN3CCN(C(=O)N(C)C)CC3)cc2)o1. The van der Waals surface area contributed by atoms with Crippen molar-refractivity contribution < 1.29 is 9.21 Å². The standard InChI is InChI=1S/C19H25N3O2/c1-15-4-9-18(24-15)17-7-5-16(6-8-17)14-21-10-12-22(13-11-21)19(23)20(2)3/h4-9H,10-14H2,1-3H3. The number of hydrogen-bond donors (Lipinski definition) is 0. The molecule has 1 aromatic heterocycles. The summed E-state index contributed by atoms with van der Waals surface area (Å²) in [5, 5.41) is 0. The average molecular weight is 327 g/mol. The van der Waals surface area contributed by atoms with Crippen LogP contribution < -0.4 is 0 Å². The van der Waals surface area contributed by atoms with E-state index in [-0.39, 0.29) is 6.03 Å². The lowest BCUT2D eigenvalue weighted by molar-refractivity contribution is 0.120. The van der Waals surface area contributed by atoms with E-state index >= 15 is 0 Å². The zero-order chi connectivity index (χ0) is 17.1. The molecule has 2 heterocycles. The van der Waals surface area contributed by atoms with Crippen molar-refractivity contribution in [2.24, 2.45) is 0 Å². The molecule has 0 N–H and O–H groups in total. The van der Waals surface area contributed by atoms with Gasteiger partial charge in [0.05, 0.1) is 0 Å². The molecule has 1 aliphatic rings. The van der Waals surface area contributed by atoms with Gasteiger partial charge in [-0.25, -0.2) is 4.79 Å². The molecular weight excluding hydrogens is 302 g/mol. The molecule has 0 atom stereocenters. The molecular formula is C19H25N3O2. The predicted molar refractivity (Wildman–Crippen MR) is 94.8 cm³/mol. The Hall–Kier alpha value is -2.27. The van der Waals surface area contributed by atoms with E-state index in [1.807, 2.05) is 24.0 Å². The maximum atomic E-state index is 12.0. The molecule has 2 aromatic rings. The van der Waals surface area contributed by atoms with Crippen molar-refractivity contribution in [1.82, 2.24) is 14.7 Å². The Morgan fingerprint density at radius 3 is 2.25 bits per heavy atom. The molecule has 0 radical (unpaired) electrons. The van der Waals surface area contributed by atoms with Gasteiger partial charge in [0.15, 0.2) is 0 Å². The zero-order valence-electron chi connectivity index (χ0n) is 14.7. The molecule has 5 nitrogen and oxygen atoms in total. The zero-order valence-corrected chi connectivity index (χ0v) is 14.7. The third-order valence-electron chi connectivity index (χ3n) is 4.41. The summed E-state index contributed by atoms with van der Waals surface area (Å²) < 4.78 is 5.66. The molecule has 24 heavy (non-hydrogen) atoms. The number of benzene rings is 1. The van der Waals surface area contributed by atoms with Gasteiger partial charge < -0.3 is 14.2 Å². The minimum absolute atomic E-state index is 0.104. The van der Waals surface area contributed by atoms with Crippen molar-refractivity contribution in [2.45, 2.75) is 13.5 Å². The summed E-state index contributed by atoms with van der Waals surface area (Å²) in [7, 11) is 3.60. The first-order chi connectivity index (χ1) is 11.5. The number of furan rings is 1. The van der Waals surface area contributed by atoms with Crippen molar-refractivity contribution in [2.75, 3.05) is 40.3 Å². The van der Waals surface area contributed by atoms with Gasteiger partial charge in [-0.15, -0.1) is 0 Å². The van der Waals surface area contributed by atoms with E-state index in [2.05, 4.69) is 29.2 Å². The van der Waals surface area contributed by atoms with Crippen LogP contribution in [0.2, 0.25) is 0 Å². The maximum absolute atomic E-state index is 12.0.